The van der Waals surface area contributed by atoms with Crippen LogP contribution in [0, 0.1) is 0 Å². The van der Waals surface area contributed by atoms with Crippen LogP contribution in [0.5, 0.6) is 0 Å². The summed E-state index contributed by atoms with van der Waals surface area (Å²) < 4.78 is 0. The van der Waals surface area contributed by atoms with E-state index in [0.717, 1.165) is 11.3 Å². The van der Waals surface area contributed by atoms with Gasteiger partial charge in [0.15, 0.2) is 0 Å². The van der Waals surface area contributed by atoms with Crippen LogP contribution < -0.4 is 0 Å². The van der Waals surface area contributed by atoms with E-state index in [9.17, 15) is 0 Å². The van der Waals surface area contributed by atoms with Crippen molar-refractivity contribution in [3.8, 4) is 0 Å². The molecule has 0 aromatic heterocycles. The Bertz CT molecular complexity index is 412. The Morgan fingerprint density at radius 2 is 1.40 bits per heavy atom. The van der Waals surface area contributed by atoms with Gasteiger partial charge in [-0.25, -0.2) is 0 Å². The van der Waals surface area contributed by atoms with Gasteiger partial charge in [0, 0.05) is 4.90 Å². The minimum atomic E-state index is 0. The van der Waals surface area contributed by atoms with Gasteiger partial charge in [0.1, 0.15) is 0 Å². The summed E-state index contributed by atoms with van der Waals surface area (Å²) in [5, 5.41) is 0. The first-order valence-electron chi connectivity index (χ1n) is 4.67. The molecule has 2 rings (SSSR count). The van der Waals surface area contributed by atoms with E-state index in [4.69, 9.17) is 0 Å². The number of rotatable bonds is 2. The van der Waals surface area contributed by atoms with Crippen LogP contribution in [-0.4, -0.2) is 51.4 Å². The van der Waals surface area contributed by atoms with Crippen molar-refractivity contribution in [3.05, 3.63) is 65.7 Å². The van der Waals surface area contributed by atoms with Crippen molar-refractivity contribution in [2.24, 2.45) is 0 Å². The minimum absolute atomic E-state index is 0. The molecule has 0 saturated heterocycles. The Kier molecular flexibility index (Phi) is 6.20. The van der Waals surface area contributed by atoms with Gasteiger partial charge < -0.3 is 0 Å². The van der Waals surface area contributed by atoms with Gasteiger partial charge >= 0.3 is 51.4 Å². The second-order valence-electron chi connectivity index (χ2n) is 3.29. The molecule has 0 N–H and O–H groups in total. The summed E-state index contributed by atoms with van der Waals surface area (Å²) in [6, 6.07) is 18.7. The molecule has 72 valence electrons. The van der Waals surface area contributed by atoms with Gasteiger partial charge in [0.2, 0.25) is 0 Å². The summed E-state index contributed by atoms with van der Waals surface area (Å²) >= 11 is 4.43. The summed E-state index contributed by atoms with van der Waals surface area (Å²) in [4.78, 5) is 1.07. The number of hydrogen-bond donors (Lipinski definition) is 1. The third-order valence-electron chi connectivity index (χ3n) is 2.23. The molecule has 0 radical (unpaired) electrons. The summed E-state index contributed by atoms with van der Waals surface area (Å²) in [5.74, 6) is 0. The number of hydrogen-bond acceptors (Lipinski definition) is 1. The van der Waals surface area contributed by atoms with E-state index in [0.29, 0.717) is 0 Å². The third-order valence-corrected chi connectivity index (χ3v) is 2.67. The molecule has 2 heteroatoms. The standard InChI is InChI=1S/C13H12S.K.H/c14-13-9-5-4-8-12(13)10-11-6-2-1-3-7-11;;/h1-9,14H,10H2;;. The van der Waals surface area contributed by atoms with E-state index >= 15 is 0 Å². The number of thiol groups is 1. The van der Waals surface area contributed by atoms with Crippen molar-refractivity contribution in [2.75, 3.05) is 0 Å². The van der Waals surface area contributed by atoms with E-state index in [1.54, 1.807) is 0 Å². The van der Waals surface area contributed by atoms with Gasteiger partial charge in [-0.1, -0.05) is 48.5 Å². The van der Waals surface area contributed by atoms with E-state index in [-0.39, 0.29) is 51.4 Å². The molecule has 0 spiro atoms. The van der Waals surface area contributed by atoms with Crippen LogP contribution in [0.25, 0.3) is 0 Å². The summed E-state index contributed by atoms with van der Waals surface area (Å²) in [7, 11) is 0. The van der Waals surface area contributed by atoms with Crippen molar-refractivity contribution < 1.29 is 0 Å². The first-order chi connectivity index (χ1) is 6.86. The van der Waals surface area contributed by atoms with Crippen molar-refractivity contribution in [3.63, 3.8) is 0 Å². The molecule has 0 aliphatic rings. The summed E-state index contributed by atoms with van der Waals surface area (Å²) in [6.07, 6.45) is 0.959. The van der Waals surface area contributed by atoms with E-state index in [2.05, 4.69) is 49.0 Å². The Labute approximate surface area is 139 Å². The predicted octanol–water partition coefficient (Wildman–Crippen LogP) is 2.92. The summed E-state index contributed by atoms with van der Waals surface area (Å²) in [6.45, 7) is 0. The summed E-state index contributed by atoms with van der Waals surface area (Å²) in [5.41, 5.74) is 2.61. The monoisotopic (exact) mass is 240 g/mol. The maximum atomic E-state index is 4.43. The molecule has 0 bridgehead atoms. The van der Waals surface area contributed by atoms with Crippen molar-refractivity contribution in [1.82, 2.24) is 0 Å². The average Bonchev–Trinajstić information content (AvgIpc) is 2.23. The number of benzene rings is 2. The SMILES string of the molecule is Sc1ccccc1Cc1ccccc1.[KH]. The maximum absolute atomic E-state index is 4.43. The molecular formula is C13H13KS. The zero-order valence-corrected chi connectivity index (χ0v) is 8.74. The molecule has 0 saturated carbocycles. The second-order valence-corrected chi connectivity index (χ2v) is 3.77. The topological polar surface area (TPSA) is 0 Å². The molecule has 0 fully saturated rings. The molecule has 0 aliphatic carbocycles. The Balaban J connectivity index is 0.00000112. The van der Waals surface area contributed by atoms with Crippen LogP contribution >= 0.6 is 12.6 Å². The molecule has 2 aromatic carbocycles. The van der Waals surface area contributed by atoms with Crippen LogP contribution in [0.3, 0.4) is 0 Å². The molecule has 0 heterocycles. The Morgan fingerprint density at radius 1 is 0.800 bits per heavy atom. The van der Waals surface area contributed by atoms with Crippen molar-refractivity contribution in [2.45, 2.75) is 11.3 Å². The van der Waals surface area contributed by atoms with Gasteiger partial charge in [0.05, 0.1) is 0 Å². The average molecular weight is 240 g/mol. The zero-order chi connectivity index (χ0) is 9.80. The second kappa shape index (κ2) is 6.89. The van der Waals surface area contributed by atoms with Crippen LogP contribution in [-0.2, 0) is 6.42 Å². The first-order valence-corrected chi connectivity index (χ1v) is 5.12. The fraction of sp³-hybridized carbons (Fsp3) is 0.0769. The molecule has 0 aliphatic heterocycles. The molecule has 0 nitrogen and oxygen atoms in total. The fourth-order valence-electron chi connectivity index (χ4n) is 1.48. The molecule has 0 unspecified atom stereocenters. The van der Waals surface area contributed by atoms with Crippen LogP contribution in [0.2, 0.25) is 0 Å². The molecule has 0 atom stereocenters. The van der Waals surface area contributed by atoms with Crippen molar-refractivity contribution in [1.29, 1.82) is 0 Å². The zero-order valence-electron chi connectivity index (χ0n) is 7.85. The van der Waals surface area contributed by atoms with Crippen LogP contribution in [0.1, 0.15) is 11.1 Å². The fourth-order valence-corrected chi connectivity index (χ4v) is 1.72. The van der Waals surface area contributed by atoms with Crippen LogP contribution in [0.4, 0.5) is 0 Å². The van der Waals surface area contributed by atoms with Gasteiger partial charge in [-0.15, -0.1) is 12.6 Å². The first kappa shape index (κ1) is 13.5. The van der Waals surface area contributed by atoms with E-state index in [1.807, 2.05) is 18.2 Å². The third kappa shape index (κ3) is 4.06. The van der Waals surface area contributed by atoms with Crippen molar-refractivity contribution >= 4 is 64.0 Å². The van der Waals surface area contributed by atoms with Gasteiger partial charge in [-0.3, -0.25) is 0 Å². The van der Waals surface area contributed by atoms with Crippen LogP contribution in [0.15, 0.2) is 59.5 Å². The molecule has 0 amide bonds. The van der Waals surface area contributed by atoms with E-state index in [1.165, 1.54) is 11.1 Å². The van der Waals surface area contributed by atoms with Gasteiger partial charge in [0.25, 0.3) is 0 Å². The predicted molar refractivity (Wildman–Crippen MR) is 70.1 cm³/mol. The molecule has 15 heavy (non-hydrogen) atoms. The molecule has 2 aromatic rings. The Morgan fingerprint density at radius 3 is 2.07 bits per heavy atom. The quantitative estimate of drug-likeness (QED) is 0.605. The molecular weight excluding hydrogens is 227 g/mol. The normalized spacial score (nSPS) is 9.40. The van der Waals surface area contributed by atoms with Gasteiger partial charge in [-0.2, -0.15) is 0 Å². The van der Waals surface area contributed by atoms with E-state index < -0.39 is 0 Å². The Hall–Kier alpha value is 0.426. The van der Waals surface area contributed by atoms with Gasteiger partial charge in [-0.05, 0) is 23.6 Å².